The van der Waals surface area contributed by atoms with Gasteiger partial charge in [0.05, 0.1) is 0 Å². The largest absolute Gasteiger partial charge is 0.381 e. The molecule has 112 valence electrons. The summed E-state index contributed by atoms with van der Waals surface area (Å²) in [6.07, 6.45) is 1.20. The number of rotatable bonds is 3. The van der Waals surface area contributed by atoms with Crippen LogP contribution in [0.3, 0.4) is 0 Å². The van der Waals surface area contributed by atoms with Crippen molar-refractivity contribution in [2.75, 3.05) is 18.9 Å². The summed E-state index contributed by atoms with van der Waals surface area (Å²) in [5.41, 5.74) is 2.60. The van der Waals surface area contributed by atoms with Crippen molar-refractivity contribution in [2.45, 2.75) is 32.4 Å². The van der Waals surface area contributed by atoms with Crippen LogP contribution in [0.15, 0.2) is 41.8 Å². The lowest BCUT2D eigenvalue weighted by atomic mass is 9.89. The van der Waals surface area contributed by atoms with Crippen LogP contribution < -0.4 is 5.32 Å². The molecule has 0 bridgehead atoms. The maximum absolute atomic E-state index is 3.82. The van der Waals surface area contributed by atoms with Gasteiger partial charge in [0.2, 0.25) is 0 Å². The molecule has 1 saturated heterocycles. The lowest BCUT2D eigenvalue weighted by molar-refractivity contribution is 0.146. The molecule has 3 rings (SSSR count). The Hall–Kier alpha value is -1.32. The molecule has 21 heavy (non-hydrogen) atoms. The molecule has 2 heterocycles. The van der Waals surface area contributed by atoms with E-state index in [2.05, 4.69) is 72.9 Å². The number of hydrogen-bond donors (Lipinski definition) is 1. The molecule has 2 aromatic rings. The Morgan fingerprint density at radius 1 is 1.14 bits per heavy atom. The van der Waals surface area contributed by atoms with Gasteiger partial charge in [-0.1, -0.05) is 31.2 Å². The Labute approximate surface area is 131 Å². The molecule has 1 aliphatic rings. The second kappa shape index (κ2) is 6.20. The highest BCUT2D eigenvalue weighted by molar-refractivity contribution is 7.13. The first-order valence-electron chi connectivity index (χ1n) is 7.75. The quantitative estimate of drug-likeness (QED) is 0.894. The van der Waals surface area contributed by atoms with E-state index in [9.17, 15) is 0 Å². The third kappa shape index (κ3) is 3.14. The molecule has 3 atom stereocenters. The Morgan fingerprint density at radius 3 is 2.71 bits per heavy atom. The molecule has 0 radical (unpaired) electrons. The molecule has 1 fully saturated rings. The fourth-order valence-corrected chi connectivity index (χ4v) is 3.96. The predicted octanol–water partition coefficient (Wildman–Crippen LogP) is 4.56. The van der Waals surface area contributed by atoms with Gasteiger partial charge >= 0.3 is 0 Å². The van der Waals surface area contributed by atoms with Gasteiger partial charge in [0.15, 0.2) is 0 Å². The zero-order valence-corrected chi connectivity index (χ0v) is 13.9. The smallest absolute Gasteiger partial charge is 0.0430 e. The Balaban J connectivity index is 1.82. The van der Waals surface area contributed by atoms with E-state index < -0.39 is 0 Å². The molecule has 3 heteroatoms. The zero-order valence-electron chi connectivity index (χ0n) is 13.0. The van der Waals surface area contributed by atoms with E-state index in [0.29, 0.717) is 18.0 Å². The number of nitrogens with zero attached hydrogens (tertiary/aromatic N) is 1. The Morgan fingerprint density at radius 2 is 1.95 bits per heavy atom. The van der Waals surface area contributed by atoms with Crippen LogP contribution in [0.4, 0.5) is 5.69 Å². The van der Waals surface area contributed by atoms with Gasteiger partial charge in [-0.05, 0) is 43.8 Å². The van der Waals surface area contributed by atoms with Crippen molar-refractivity contribution < 1.29 is 0 Å². The van der Waals surface area contributed by atoms with E-state index in [1.165, 1.54) is 29.1 Å². The van der Waals surface area contributed by atoms with Crippen molar-refractivity contribution >= 4 is 17.0 Å². The minimum absolute atomic E-state index is 0.553. The molecule has 2 nitrogen and oxygen atoms in total. The highest BCUT2D eigenvalue weighted by Gasteiger charge is 2.29. The van der Waals surface area contributed by atoms with Crippen LogP contribution >= 0.6 is 11.3 Å². The van der Waals surface area contributed by atoms with E-state index in [1.807, 2.05) is 0 Å². The first kappa shape index (κ1) is 14.6. The molecule has 1 N–H and O–H groups in total. The molecule has 0 aliphatic carbocycles. The third-order valence-corrected chi connectivity index (χ3v) is 5.57. The van der Waals surface area contributed by atoms with Crippen molar-refractivity contribution in [1.29, 1.82) is 0 Å². The summed E-state index contributed by atoms with van der Waals surface area (Å²) in [7, 11) is 2.23. The lowest BCUT2D eigenvalue weighted by Crippen LogP contribution is -2.48. The number of thiophene rings is 1. The van der Waals surface area contributed by atoms with Gasteiger partial charge in [-0.2, -0.15) is 0 Å². The second-order valence-electron chi connectivity index (χ2n) is 6.28. The van der Waals surface area contributed by atoms with Gasteiger partial charge < -0.3 is 10.2 Å². The molecular formula is C18H24N2S. The van der Waals surface area contributed by atoms with Crippen LogP contribution in [-0.4, -0.2) is 30.6 Å². The number of hydrogen-bond acceptors (Lipinski definition) is 3. The van der Waals surface area contributed by atoms with Crippen LogP contribution in [0.2, 0.25) is 0 Å². The highest BCUT2D eigenvalue weighted by atomic mass is 32.1. The number of likely N-dealkylation sites (tertiary alicyclic amines) is 1. The minimum atomic E-state index is 0.553. The van der Waals surface area contributed by atoms with E-state index in [1.54, 1.807) is 11.3 Å². The van der Waals surface area contributed by atoms with Gasteiger partial charge in [0.1, 0.15) is 0 Å². The third-order valence-electron chi connectivity index (χ3n) is 4.66. The fraction of sp³-hybridized carbons (Fsp3) is 0.444. The molecule has 1 aromatic carbocycles. The SMILES string of the molecule is CC1CN(C)C(C)CC1Nc1ccccc1-c1cccs1. The lowest BCUT2D eigenvalue weighted by Gasteiger charge is -2.40. The number of para-hydroxylation sites is 1. The van der Waals surface area contributed by atoms with Crippen molar-refractivity contribution in [3.05, 3.63) is 41.8 Å². The van der Waals surface area contributed by atoms with Gasteiger partial charge in [0.25, 0.3) is 0 Å². The van der Waals surface area contributed by atoms with Crippen LogP contribution in [0, 0.1) is 5.92 Å². The Bertz CT molecular complexity index is 579. The maximum Gasteiger partial charge on any atom is 0.0430 e. The Kier molecular flexibility index (Phi) is 4.32. The van der Waals surface area contributed by atoms with Gasteiger partial charge in [-0.15, -0.1) is 11.3 Å². The number of nitrogens with one attached hydrogen (secondary N) is 1. The topological polar surface area (TPSA) is 15.3 Å². The number of benzene rings is 1. The van der Waals surface area contributed by atoms with Crippen molar-refractivity contribution in [2.24, 2.45) is 5.92 Å². The fourth-order valence-electron chi connectivity index (χ4n) is 3.20. The average Bonchev–Trinajstić information content (AvgIpc) is 2.99. The molecule has 0 spiro atoms. The summed E-state index contributed by atoms with van der Waals surface area (Å²) in [5, 5.41) is 5.96. The van der Waals surface area contributed by atoms with Crippen molar-refractivity contribution in [1.82, 2.24) is 4.90 Å². The summed E-state index contributed by atoms with van der Waals surface area (Å²) >= 11 is 1.81. The van der Waals surface area contributed by atoms with Crippen molar-refractivity contribution in [3.8, 4) is 10.4 Å². The van der Waals surface area contributed by atoms with E-state index in [-0.39, 0.29) is 0 Å². The van der Waals surface area contributed by atoms with E-state index in [4.69, 9.17) is 0 Å². The van der Waals surface area contributed by atoms with Crippen LogP contribution in [-0.2, 0) is 0 Å². The molecule has 1 aromatic heterocycles. The molecule has 0 amide bonds. The molecular weight excluding hydrogens is 276 g/mol. The molecule has 0 saturated carbocycles. The zero-order chi connectivity index (χ0) is 14.8. The van der Waals surface area contributed by atoms with Crippen LogP contribution in [0.1, 0.15) is 20.3 Å². The van der Waals surface area contributed by atoms with E-state index >= 15 is 0 Å². The standard InChI is InChI=1S/C18H24N2S/c1-13-12-20(3)14(2)11-17(13)19-16-8-5-4-7-15(16)18-9-6-10-21-18/h4-10,13-14,17,19H,11-12H2,1-3H3. The normalized spacial score (nSPS) is 26.7. The van der Waals surface area contributed by atoms with Crippen LogP contribution in [0.25, 0.3) is 10.4 Å². The summed E-state index contributed by atoms with van der Waals surface area (Å²) in [6.45, 7) is 5.85. The second-order valence-corrected chi connectivity index (χ2v) is 7.22. The summed E-state index contributed by atoms with van der Waals surface area (Å²) in [5.74, 6) is 0.669. The minimum Gasteiger partial charge on any atom is -0.381 e. The molecule has 3 unspecified atom stereocenters. The van der Waals surface area contributed by atoms with Crippen LogP contribution in [0.5, 0.6) is 0 Å². The summed E-state index contributed by atoms with van der Waals surface area (Å²) < 4.78 is 0. The summed E-state index contributed by atoms with van der Waals surface area (Å²) in [4.78, 5) is 3.81. The monoisotopic (exact) mass is 300 g/mol. The maximum atomic E-state index is 3.82. The molecule has 1 aliphatic heterocycles. The van der Waals surface area contributed by atoms with Gasteiger partial charge in [-0.3, -0.25) is 0 Å². The highest BCUT2D eigenvalue weighted by Crippen LogP contribution is 2.33. The first-order valence-corrected chi connectivity index (χ1v) is 8.63. The average molecular weight is 300 g/mol. The van der Waals surface area contributed by atoms with Crippen molar-refractivity contribution in [3.63, 3.8) is 0 Å². The summed E-state index contributed by atoms with van der Waals surface area (Å²) in [6, 6.07) is 14.2. The predicted molar refractivity (Wildman–Crippen MR) is 93.0 cm³/mol. The number of anilines is 1. The van der Waals surface area contributed by atoms with Gasteiger partial charge in [-0.25, -0.2) is 0 Å². The first-order chi connectivity index (χ1) is 10.1. The van der Waals surface area contributed by atoms with Gasteiger partial charge in [0, 0.05) is 34.8 Å². The number of piperidine rings is 1. The van der Waals surface area contributed by atoms with E-state index in [0.717, 1.165) is 0 Å².